The molecule has 0 radical (unpaired) electrons. The number of hydrogen-bond donors (Lipinski definition) is 0. The Morgan fingerprint density at radius 2 is 2.05 bits per heavy atom. The van der Waals surface area contributed by atoms with Gasteiger partial charge in [-0.2, -0.15) is 5.26 Å². The van der Waals surface area contributed by atoms with Gasteiger partial charge in [-0.05, 0) is 30.0 Å². The van der Waals surface area contributed by atoms with Crippen LogP contribution in [0.25, 0.3) is 16.7 Å². The summed E-state index contributed by atoms with van der Waals surface area (Å²) < 4.78 is 1.98. The van der Waals surface area contributed by atoms with Crippen molar-refractivity contribution >= 4 is 22.8 Å². The zero-order valence-electron chi connectivity index (χ0n) is 11.1. The lowest BCUT2D eigenvalue weighted by molar-refractivity contribution is 1.07. The van der Waals surface area contributed by atoms with Crippen LogP contribution in [-0.4, -0.2) is 15.3 Å². The summed E-state index contributed by atoms with van der Waals surface area (Å²) in [6.45, 7) is 2.09. The maximum Gasteiger partial charge on any atom is 0.103 e. The highest BCUT2D eigenvalue weighted by atomic mass is 32.2. The molecule has 3 aromatic rings. The summed E-state index contributed by atoms with van der Waals surface area (Å²) in [6.07, 6.45) is 1.78. The van der Waals surface area contributed by atoms with Crippen LogP contribution in [0.4, 0.5) is 0 Å². The molecule has 3 rings (SSSR count). The molecule has 0 aliphatic carbocycles. The summed E-state index contributed by atoms with van der Waals surface area (Å²) in [6, 6.07) is 16.2. The van der Waals surface area contributed by atoms with Gasteiger partial charge >= 0.3 is 0 Å². The Hall–Kier alpha value is -2.25. The van der Waals surface area contributed by atoms with E-state index in [9.17, 15) is 5.26 Å². The van der Waals surface area contributed by atoms with E-state index in [1.807, 2.05) is 47.0 Å². The van der Waals surface area contributed by atoms with Crippen molar-refractivity contribution in [2.45, 2.75) is 11.8 Å². The number of nitrogens with zero attached hydrogens (tertiary/aromatic N) is 3. The molecule has 4 heteroatoms. The van der Waals surface area contributed by atoms with Gasteiger partial charge in [-0.1, -0.05) is 25.1 Å². The van der Waals surface area contributed by atoms with Crippen molar-refractivity contribution in [2.24, 2.45) is 0 Å². The Labute approximate surface area is 121 Å². The number of fused-ring (bicyclic) bond motifs is 1. The fourth-order valence-electron chi connectivity index (χ4n) is 2.26. The van der Waals surface area contributed by atoms with Crippen LogP contribution in [0.1, 0.15) is 12.5 Å². The number of benzene rings is 2. The Kier molecular flexibility index (Phi) is 3.44. The largest absolute Gasteiger partial charge is 0.297 e. The van der Waals surface area contributed by atoms with Crippen LogP contribution >= 0.6 is 11.8 Å². The smallest absolute Gasteiger partial charge is 0.103 e. The van der Waals surface area contributed by atoms with Crippen molar-refractivity contribution < 1.29 is 0 Å². The molecule has 0 bridgehead atoms. The van der Waals surface area contributed by atoms with E-state index in [1.54, 1.807) is 18.1 Å². The highest BCUT2D eigenvalue weighted by Gasteiger charge is 2.12. The van der Waals surface area contributed by atoms with E-state index in [0.717, 1.165) is 27.4 Å². The van der Waals surface area contributed by atoms with Gasteiger partial charge in [0.15, 0.2) is 0 Å². The third-order valence-electron chi connectivity index (χ3n) is 3.13. The summed E-state index contributed by atoms with van der Waals surface area (Å²) in [7, 11) is 0. The Morgan fingerprint density at radius 1 is 1.20 bits per heavy atom. The summed E-state index contributed by atoms with van der Waals surface area (Å²) in [5.41, 5.74) is 3.55. The second kappa shape index (κ2) is 5.40. The van der Waals surface area contributed by atoms with E-state index in [4.69, 9.17) is 0 Å². The van der Waals surface area contributed by atoms with Crippen LogP contribution < -0.4 is 0 Å². The summed E-state index contributed by atoms with van der Waals surface area (Å²) in [5.74, 6) is 0.947. The molecule has 0 amide bonds. The lowest BCUT2D eigenvalue weighted by Crippen LogP contribution is -1.97. The molecule has 1 aromatic heterocycles. The molecule has 0 atom stereocenters. The quantitative estimate of drug-likeness (QED) is 0.680. The molecular weight excluding hydrogens is 266 g/mol. The molecule has 20 heavy (non-hydrogen) atoms. The average Bonchev–Trinajstić information content (AvgIpc) is 2.91. The molecule has 0 spiro atoms. The molecular formula is C16H13N3S. The zero-order chi connectivity index (χ0) is 13.9. The van der Waals surface area contributed by atoms with Gasteiger partial charge in [0, 0.05) is 4.90 Å². The molecule has 0 aliphatic rings. The third kappa shape index (κ3) is 2.06. The Balaban J connectivity index is 2.24. The Bertz CT molecular complexity index is 799. The molecule has 0 N–H and O–H groups in total. The number of nitriles is 1. The van der Waals surface area contributed by atoms with Gasteiger partial charge in [-0.15, -0.1) is 11.8 Å². The first-order chi connectivity index (χ1) is 9.85. The Morgan fingerprint density at radius 3 is 2.85 bits per heavy atom. The van der Waals surface area contributed by atoms with Crippen molar-refractivity contribution in [3.63, 3.8) is 0 Å². The van der Waals surface area contributed by atoms with E-state index >= 15 is 0 Å². The fourth-order valence-corrected chi connectivity index (χ4v) is 3.04. The maximum atomic E-state index is 9.50. The number of thioether (sulfide) groups is 1. The number of rotatable bonds is 3. The molecule has 3 nitrogen and oxygen atoms in total. The van der Waals surface area contributed by atoms with Gasteiger partial charge in [0.25, 0.3) is 0 Å². The standard InChI is InChI=1S/C16H13N3S/c1-2-20-16-9-5-8-14(12(16)10-17)19-11-18-13-6-3-4-7-15(13)19/h3-9,11H,2H2,1H3. The minimum Gasteiger partial charge on any atom is -0.297 e. The SMILES string of the molecule is CCSc1cccc(-n2cnc3ccccc32)c1C#N. The molecule has 1 heterocycles. The zero-order valence-corrected chi connectivity index (χ0v) is 11.9. The minimum absolute atomic E-state index is 0.711. The normalized spacial score (nSPS) is 10.6. The van der Waals surface area contributed by atoms with Crippen molar-refractivity contribution in [3.05, 3.63) is 54.4 Å². The monoisotopic (exact) mass is 279 g/mol. The predicted octanol–water partition coefficient (Wildman–Crippen LogP) is 4.01. The predicted molar refractivity (Wildman–Crippen MR) is 82.2 cm³/mol. The van der Waals surface area contributed by atoms with Crippen LogP contribution in [0.15, 0.2) is 53.7 Å². The van der Waals surface area contributed by atoms with Crippen molar-refractivity contribution in [1.29, 1.82) is 5.26 Å². The van der Waals surface area contributed by atoms with Gasteiger partial charge < -0.3 is 0 Å². The van der Waals surface area contributed by atoms with Crippen LogP contribution in [0.3, 0.4) is 0 Å². The number of hydrogen-bond acceptors (Lipinski definition) is 3. The second-order valence-electron chi connectivity index (χ2n) is 4.30. The first-order valence-corrected chi connectivity index (χ1v) is 7.42. The van der Waals surface area contributed by atoms with Gasteiger partial charge in [0.2, 0.25) is 0 Å². The summed E-state index contributed by atoms with van der Waals surface area (Å²) >= 11 is 1.69. The van der Waals surface area contributed by atoms with Gasteiger partial charge in [0.1, 0.15) is 12.4 Å². The molecule has 0 saturated carbocycles. The minimum atomic E-state index is 0.711. The average molecular weight is 279 g/mol. The molecule has 98 valence electrons. The molecule has 0 fully saturated rings. The highest BCUT2D eigenvalue weighted by Crippen LogP contribution is 2.28. The van der Waals surface area contributed by atoms with Gasteiger partial charge in [0.05, 0.1) is 22.3 Å². The lowest BCUT2D eigenvalue weighted by Gasteiger charge is -2.10. The van der Waals surface area contributed by atoms with Crippen LogP contribution in [0.2, 0.25) is 0 Å². The lowest BCUT2D eigenvalue weighted by atomic mass is 10.2. The van der Waals surface area contributed by atoms with E-state index in [1.165, 1.54) is 0 Å². The van der Waals surface area contributed by atoms with E-state index in [0.29, 0.717) is 5.56 Å². The number of aromatic nitrogens is 2. The van der Waals surface area contributed by atoms with Crippen molar-refractivity contribution in [3.8, 4) is 11.8 Å². The first-order valence-electron chi connectivity index (χ1n) is 6.43. The number of para-hydroxylation sites is 2. The van der Waals surface area contributed by atoms with Crippen LogP contribution in [0.5, 0.6) is 0 Å². The fraction of sp³-hybridized carbons (Fsp3) is 0.125. The first kappa shape index (κ1) is 12.8. The topological polar surface area (TPSA) is 41.6 Å². The summed E-state index contributed by atoms with van der Waals surface area (Å²) in [5, 5.41) is 9.50. The molecule has 2 aromatic carbocycles. The second-order valence-corrected chi connectivity index (χ2v) is 5.60. The molecule has 0 aliphatic heterocycles. The van der Waals surface area contributed by atoms with Crippen LogP contribution in [0, 0.1) is 11.3 Å². The van der Waals surface area contributed by atoms with E-state index in [2.05, 4.69) is 18.0 Å². The maximum absolute atomic E-state index is 9.50. The highest BCUT2D eigenvalue weighted by molar-refractivity contribution is 7.99. The van der Waals surface area contributed by atoms with E-state index in [-0.39, 0.29) is 0 Å². The van der Waals surface area contributed by atoms with Crippen molar-refractivity contribution in [2.75, 3.05) is 5.75 Å². The third-order valence-corrected chi connectivity index (χ3v) is 4.07. The molecule has 0 unspecified atom stereocenters. The van der Waals surface area contributed by atoms with Crippen molar-refractivity contribution in [1.82, 2.24) is 9.55 Å². The van der Waals surface area contributed by atoms with Gasteiger partial charge in [-0.3, -0.25) is 4.57 Å². The van der Waals surface area contributed by atoms with E-state index < -0.39 is 0 Å². The number of imidazole rings is 1. The molecule has 0 saturated heterocycles. The van der Waals surface area contributed by atoms with Crippen LogP contribution in [-0.2, 0) is 0 Å². The van der Waals surface area contributed by atoms with Gasteiger partial charge in [-0.25, -0.2) is 4.98 Å². The summed E-state index contributed by atoms with van der Waals surface area (Å²) in [4.78, 5) is 5.41.